The second-order valence-electron chi connectivity index (χ2n) is 5.79. The number of anilines is 1. The van der Waals surface area contributed by atoms with Gasteiger partial charge in [0.1, 0.15) is 0 Å². The number of carbonyl (C=O) groups excluding carboxylic acids is 1. The Balaban J connectivity index is 1.76. The zero-order valence-electron chi connectivity index (χ0n) is 14.2. The predicted octanol–water partition coefficient (Wildman–Crippen LogP) is 3.77. The molecule has 140 valence electrons. The summed E-state index contributed by atoms with van der Waals surface area (Å²) >= 11 is 0. The van der Waals surface area contributed by atoms with Crippen LogP contribution in [-0.2, 0) is 12.7 Å². The third kappa shape index (κ3) is 4.08. The highest BCUT2D eigenvalue weighted by Gasteiger charge is 2.30. The molecule has 0 aliphatic heterocycles. The van der Waals surface area contributed by atoms with Crippen LogP contribution in [0.15, 0.2) is 47.0 Å². The molecular formula is C18H15F3N4O2. The smallest absolute Gasteiger partial charge is 0.376 e. The van der Waals surface area contributed by atoms with Gasteiger partial charge in [-0.1, -0.05) is 23.4 Å². The van der Waals surface area contributed by atoms with Crippen molar-refractivity contribution in [1.82, 2.24) is 10.1 Å². The largest absolute Gasteiger partial charge is 0.416 e. The van der Waals surface area contributed by atoms with Crippen molar-refractivity contribution in [3.8, 4) is 11.4 Å². The molecule has 0 aliphatic rings. The quantitative estimate of drug-likeness (QED) is 0.707. The molecule has 0 radical (unpaired) electrons. The van der Waals surface area contributed by atoms with Crippen LogP contribution in [0.5, 0.6) is 0 Å². The number of primary amides is 1. The van der Waals surface area contributed by atoms with E-state index in [2.05, 4.69) is 15.5 Å². The minimum atomic E-state index is -4.45. The number of carbonyl (C=O) groups is 1. The van der Waals surface area contributed by atoms with Crippen molar-refractivity contribution >= 4 is 11.6 Å². The van der Waals surface area contributed by atoms with E-state index in [9.17, 15) is 18.0 Å². The molecule has 6 nitrogen and oxygen atoms in total. The Labute approximate surface area is 152 Å². The van der Waals surface area contributed by atoms with Crippen molar-refractivity contribution in [3.63, 3.8) is 0 Å². The van der Waals surface area contributed by atoms with Crippen LogP contribution in [0.25, 0.3) is 11.4 Å². The highest BCUT2D eigenvalue weighted by Crippen LogP contribution is 2.31. The summed E-state index contributed by atoms with van der Waals surface area (Å²) in [6.45, 7) is 1.87. The molecule has 0 bridgehead atoms. The topological polar surface area (TPSA) is 94.0 Å². The average molecular weight is 376 g/mol. The third-order valence-electron chi connectivity index (χ3n) is 3.95. The predicted molar refractivity (Wildman–Crippen MR) is 91.8 cm³/mol. The van der Waals surface area contributed by atoms with E-state index in [0.29, 0.717) is 16.8 Å². The maximum absolute atomic E-state index is 12.8. The van der Waals surface area contributed by atoms with Crippen LogP contribution in [0.4, 0.5) is 18.9 Å². The summed E-state index contributed by atoms with van der Waals surface area (Å²) in [5.41, 5.74) is 6.44. The molecule has 1 heterocycles. The Bertz CT molecular complexity index is 983. The van der Waals surface area contributed by atoms with Crippen LogP contribution >= 0.6 is 0 Å². The monoisotopic (exact) mass is 376 g/mol. The number of nitrogens with zero attached hydrogens (tertiary/aromatic N) is 2. The second kappa shape index (κ2) is 7.10. The number of rotatable bonds is 5. The molecule has 0 fully saturated rings. The van der Waals surface area contributed by atoms with Gasteiger partial charge in [-0.15, -0.1) is 0 Å². The number of hydrogen-bond acceptors (Lipinski definition) is 5. The summed E-state index contributed by atoms with van der Waals surface area (Å²) in [6.07, 6.45) is -4.45. The fraction of sp³-hybridized carbons (Fsp3) is 0.167. The van der Waals surface area contributed by atoms with Gasteiger partial charge < -0.3 is 15.6 Å². The molecule has 3 rings (SSSR count). The molecule has 0 saturated heterocycles. The molecule has 0 unspecified atom stereocenters. The van der Waals surface area contributed by atoms with Gasteiger partial charge in [0.2, 0.25) is 17.6 Å². The molecule has 1 amide bonds. The van der Waals surface area contributed by atoms with Crippen LogP contribution in [0, 0.1) is 6.92 Å². The summed E-state index contributed by atoms with van der Waals surface area (Å²) in [6, 6.07) is 9.73. The first-order chi connectivity index (χ1) is 12.8. The van der Waals surface area contributed by atoms with Gasteiger partial charge >= 0.3 is 6.18 Å². The van der Waals surface area contributed by atoms with E-state index in [0.717, 1.165) is 12.1 Å². The highest BCUT2D eigenvalue weighted by atomic mass is 19.4. The number of aromatic nitrogens is 2. The second-order valence-corrected chi connectivity index (χ2v) is 5.79. The van der Waals surface area contributed by atoms with Crippen LogP contribution < -0.4 is 11.1 Å². The van der Waals surface area contributed by atoms with Gasteiger partial charge in [-0.05, 0) is 36.8 Å². The normalized spacial score (nSPS) is 11.4. The van der Waals surface area contributed by atoms with Crippen molar-refractivity contribution in [3.05, 3.63) is 65.0 Å². The van der Waals surface area contributed by atoms with Crippen LogP contribution in [0.1, 0.15) is 27.4 Å². The van der Waals surface area contributed by atoms with Crippen molar-refractivity contribution in [1.29, 1.82) is 0 Å². The van der Waals surface area contributed by atoms with E-state index in [1.54, 1.807) is 25.1 Å². The van der Waals surface area contributed by atoms with Crippen molar-refractivity contribution in [2.45, 2.75) is 19.6 Å². The SMILES string of the molecule is Cc1c(NCc2nc(-c3cccc(C(F)(F)F)c3)no2)cccc1C(N)=O. The molecule has 9 heteroatoms. The summed E-state index contributed by atoms with van der Waals surface area (Å²) in [7, 11) is 0. The maximum atomic E-state index is 12.8. The molecule has 0 saturated carbocycles. The van der Waals surface area contributed by atoms with Crippen molar-refractivity contribution in [2.75, 3.05) is 5.32 Å². The number of amides is 1. The number of nitrogens with one attached hydrogen (secondary N) is 1. The average Bonchev–Trinajstić information content (AvgIpc) is 3.09. The van der Waals surface area contributed by atoms with Gasteiger partial charge in [0.25, 0.3) is 0 Å². The summed E-state index contributed by atoms with van der Waals surface area (Å²) < 4.78 is 43.5. The Morgan fingerprint density at radius 1 is 1.22 bits per heavy atom. The summed E-state index contributed by atoms with van der Waals surface area (Å²) in [4.78, 5) is 15.5. The number of benzene rings is 2. The lowest BCUT2D eigenvalue weighted by molar-refractivity contribution is -0.137. The fourth-order valence-electron chi connectivity index (χ4n) is 2.54. The summed E-state index contributed by atoms with van der Waals surface area (Å²) in [5, 5.41) is 6.76. The Kier molecular flexibility index (Phi) is 4.85. The third-order valence-corrected chi connectivity index (χ3v) is 3.95. The van der Waals surface area contributed by atoms with Crippen molar-refractivity contribution in [2.24, 2.45) is 5.73 Å². The minimum absolute atomic E-state index is 0.0560. The van der Waals surface area contributed by atoms with E-state index >= 15 is 0 Å². The van der Waals surface area contributed by atoms with Crippen molar-refractivity contribution < 1.29 is 22.5 Å². The lowest BCUT2D eigenvalue weighted by Crippen LogP contribution is -2.14. The number of alkyl halides is 3. The van der Waals surface area contributed by atoms with Crippen LogP contribution in [-0.4, -0.2) is 16.0 Å². The molecular weight excluding hydrogens is 361 g/mol. The van der Waals surface area contributed by atoms with Crippen LogP contribution in [0.3, 0.4) is 0 Å². The molecule has 3 aromatic rings. The lowest BCUT2D eigenvalue weighted by Gasteiger charge is -2.10. The highest BCUT2D eigenvalue weighted by molar-refractivity contribution is 5.95. The minimum Gasteiger partial charge on any atom is -0.376 e. The molecule has 1 aromatic heterocycles. The van der Waals surface area contributed by atoms with E-state index in [4.69, 9.17) is 10.3 Å². The van der Waals surface area contributed by atoms with E-state index in [-0.39, 0.29) is 23.8 Å². The molecule has 0 atom stereocenters. The first-order valence-electron chi connectivity index (χ1n) is 7.89. The Morgan fingerprint density at radius 3 is 2.67 bits per heavy atom. The molecule has 0 spiro atoms. The van der Waals surface area contributed by atoms with Gasteiger partial charge in [0, 0.05) is 16.8 Å². The Hall–Kier alpha value is -3.36. The zero-order valence-corrected chi connectivity index (χ0v) is 14.2. The van der Waals surface area contributed by atoms with Crippen LogP contribution in [0.2, 0.25) is 0 Å². The first-order valence-corrected chi connectivity index (χ1v) is 7.89. The molecule has 27 heavy (non-hydrogen) atoms. The number of nitrogens with two attached hydrogens (primary N) is 1. The Morgan fingerprint density at radius 2 is 1.96 bits per heavy atom. The van der Waals surface area contributed by atoms with Gasteiger partial charge in [0.15, 0.2) is 0 Å². The number of halogens is 3. The van der Waals surface area contributed by atoms with Gasteiger partial charge in [-0.2, -0.15) is 18.2 Å². The van der Waals surface area contributed by atoms with E-state index in [1.165, 1.54) is 12.1 Å². The number of hydrogen-bond donors (Lipinski definition) is 2. The lowest BCUT2D eigenvalue weighted by atomic mass is 10.1. The van der Waals surface area contributed by atoms with Gasteiger partial charge in [-0.25, -0.2) is 0 Å². The van der Waals surface area contributed by atoms with Gasteiger partial charge in [0.05, 0.1) is 12.1 Å². The fourth-order valence-corrected chi connectivity index (χ4v) is 2.54. The van der Waals surface area contributed by atoms with Gasteiger partial charge in [-0.3, -0.25) is 4.79 Å². The molecule has 0 aliphatic carbocycles. The van der Waals surface area contributed by atoms with E-state index < -0.39 is 17.6 Å². The van der Waals surface area contributed by atoms with E-state index in [1.807, 2.05) is 0 Å². The zero-order chi connectivity index (χ0) is 19.6. The standard InChI is InChI=1S/C18H15F3N4O2/c1-10-13(16(22)26)6-3-7-14(10)23-9-15-24-17(25-27-15)11-4-2-5-12(8-11)18(19,20)21/h2-8,23H,9H2,1H3,(H2,22,26). The summed E-state index contributed by atoms with van der Waals surface area (Å²) in [5.74, 6) is -0.299. The first kappa shape index (κ1) is 18.4. The molecule has 3 N–H and O–H groups in total. The maximum Gasteiger partial charge on any atom is 0.416 e. The molecule has 2 aromatic carbocycles.